The third-order valence-electron chi connectivity index (χ3n) is 6.16. The van der Waals surface area contributed by atoms with Crippen LogP contribution in [0.2, 0.25) is 0 Å². The van der Waals surface area contributed by atoms with E-state index in [1.54, 1.807) is 17.0 Å². The Morgan fingerprint density at radius 1 is 1.03 bits per heavy atom. The molecule has 0 aliphatic carbocycles. The minimum absolute atomic E-state index is 0.279. The maximum Gasteiger partial charge on any atom is 0.326 e. The Morgan fingerprint density at radius 2 is 1.66 bits per heavy atom. The second kappa shape index (κ2) is 14.8. The van der Waals surface area contributed by atoms with Crippen molar-refractivity contribution in [2.45, 2.75) is 51.5 Å². The van der Waals surface area contributed by atoms with Crippen molar-refractivity contribution in [2.24, 2.45) is 17.4 Å². The largest absolute Gasteiger partial charge is 0.480 e. The number of aryl methyl sites for hydroxylation is 1. The first-order valence-corrected chi connectivity index (χ1v) is 12.2. The van der Waals surface area contributed by atoms with E-state index in [0.29, 0.717) is 30.9 Å². The SMILES string of the molecule is Cc1ccc(C(=O)N[C@@H](CCCCN)C(=O)O)cc1.NC(=O)N1CCC(Cc2ccccc2)CC1. The molecule has 1 heterocycles. The van der Waals surface area contributed by atoms with Gasteiger partial charge in [0, 0.05) is 18.7 Å². The van der Waals surface area contributed by atoms with E-state index in [1.165, 1.54) is 5.56 Å². The van der Waals surface area contributed by atoms with Crippen LogP contribution in [0, 0.1) is 12.8 Å². The zero-order chi connectivity index (χ0) is 25.6. The zero-order valence-electron chi connectivity index (χ0n) is 20.5. The molecule has 35 heavy (non-hydrogen) atoms. The lowest BCUT2D eigenvalue weighted by Crippen LogP contribution is -2.41. The number of hydrogen-bond acceptors (Lipinski definition) is 4. The number of carboxylic acids is 1. The molecule has 0 unspecified atom stereocenters. The van der Waals surface area contributed by atoms with E-state index < -0.39 is 12.0 Å². The molecular formula is C27H38N4O4. The van der Waals surface area contributed by atoms with Crippen LogP contribution in [0.4, 0.5) is 4.79 Å². The van der Waals surface area contributed by atoms with Crippen molar-refractivity contribution in [1.29, 1.82) is 0 Å². The highest BCUT2D eigenvalue weighted by Crippen LogP contribution is 2.21. The molecule has 1 atom stereocenters. The molecule has 2 aromatic rings. The molecule has 1 saturated heterocycles. The van der Waals surface area contributed by atoms with E-state index in [4.69, 9.17) is 16.6 Å². The van der Waals surface area contributed by atoms with E-state index in [0.717, 1.165) is 44.3 Å². The van der Waals surface area contributed by atoms with Crippen LogP contribution in [-0.4, -0.2) is 53.6 Å². The minimum Gasteiger partial charge on any atom is -0.480 e. The summed E-state index contributed by atoms with van der Waals surface area (Å²) in [5.74, 6) is -0.685. The number of carbonyl (C=O) groups is 3. The van der Waals surface area contributed by atoms with Gasteiger partial charge in [-0.1, -0.05) is 48.0 Å². The van der Waals surface area contributed by atoms with Crippen LogP contribution in [0.1, 0.15) is 53.6 Å². The van der Waals surface area contributed by atoms with E-state index in [-0.39, 0.29) is 11.9 Å². The minimum atomic E-state index is -1.02. The van der Waals surface area contributed by atoms with E-state index in [1.807, 2.05) is 25.1 Å². The first-order chi connectivity index (χ1) is 16.8. The first kappa shape index (κ1) is 27.9. The van der Waals surface area contributed by atoms with Gasteiger partial charge in [0.15, 0.2) is 0 Å². The summed E-state index contributed by atoms with van der Waals surface area (Å²) in [7, 11) is 0. The van der Waals surface area contributed by atoms with Crippen LogP contribution in [0.15, 0.2) is 54.6 Å². The highest BCUT2D eigenvalue weighted by molar-refractivity contribution is 5.96. The van der Waals surface area contributed by atoms with Gasteiger partial charge in [-0.15, -0.1) is 0 Å². The first-order valence-electron chi connectivity index (χ1n) is 12.2. The molecule has 190 valence electrons. The van der Waals surface area contributed by atoms with Crippen molar-refractivity contribution < 1.29 is 19.5 Å². The average Bonchev–Trinajstić information content (AvgIpc) is 2.85. The smallest absolute Gasteiger partial charge is 0.326 e. The highest BCUT2D eigenvalue weighted by Gasteiger charge is 2.21. The molecule has 0 bridgehead atoms. The Balaban J connectivity index is 0.000000250. The summed E-state index contributed by atoms with van der Waals surface area (Å²) in [4.78, 5) is 35.7. The molecular weight excluding hydrogens is 444 g/mol. The Morgan fingerprint density at radius 3 is 2.20 bits per heavy atom. The second-order valence-electron chi connectivity index (χ2n) is 8.97. The number of nitrogens with one attached hydrogen (secondary N) is 1. The number of rotatable bonds is 9. The lowest BCUT2D eigenvalue weighted by molar-refractivity contribution is -0.139. The number of aliphatic carboxylic acids is 1. The van der Waals surface area contributed by atoms with Gasteiger partial charge in [-0.3, -0.25) is 4.79 Å². The fraction of sp³-hybridized carbons (Fsp3) is 0.444. The number of piperidine rings is 1. The Hall–Kier alpha value is -3.39. The fourth-order valence-corrected chi connectivity index (χ4v) is 4.00. The van der Waals surface area contributed by atoms with Gasteiger partial charge in [-0.2, -0.15) is 0 Å². The third kappa shape index (κ3) is 10.2. The molecule has 6 N–H and O–H groups in total. The van der Waals surface area contributed by atoms with Crippen LogP contribution in [0.3, 0.4) is 0 Å². The Kier molecular flexibility index (Phi) is 11.8. The predicted molar refractivity (Wildman–Crippen MR) is 137 cm³/mol. The molecule has 0 radical (unpaired) electrons. The van der Waals surface area contributed by atoms with Gasteiger partial charge in [0.2, 0.25) is 0 Å². The summed E-state index contributed by atoms with van der Waals surface area (Å²) >= 11 is 0. The van der Waals surface area contributed by atoms with Crippen LogP contribution < -0.4 is 16.8 Å². The monoisotopic (exact) mass is 482 g/mol. The van der Waals surface area contributed by atoms with Crippen LogP contribution in [0.25, 0.3) is 0 Å². The number of nitrogens with two attached hydrogens (primary N) is 2. The van der Waals surface area contributed by atoms with Crippen molar-refractivity contribution in [3.8, 4) is 0 Å². The number of likely N-dealkylation sites (tertiary alicyclic amines) is 1. The molecule has 3 rings (SSSR count). The number of urea groups is 1. The lowest BCUT2D eigenvalue weighted by Gasteiger charge is -2.30. The number of carboxylic acid groups (broad SMARTS) is 1. The topological polar surface area (TPSA) is 139 Å². The molecule has 0 saturated carbocycles. The molecule has 0 spiro atoms. The number of carbonyl (C=O) groups excluding carboxylic acids is 2. The van der Waals surface area contributed by atoms with Crippen LogP contribution >= 0.6 is 0 Å². The van der Waals surface area contributed by atoms with E-state index in [9.17, 15) is 14.4 Å². The summed E-state index contributed by atoms with van der Waals surface area (Å²) in [5, 5.41) is 11.6. The molecule has 2 aromatic carbocycles. The predicted octanol–water partition coefficient (Wildman–Crippen LogP) is 3.33. The van der Waals surface area contributed by atoms with Crippen molar-refractivity contribution in [3.63, 3.8) is 0 Å². The van der Waals surface area contributed by atoms with E-state index >= 15 is 0 Å². The number of hydrogen-bond donors (Lipinski definition) is 4. The molecule has 1 aliphatic heterocycles. The number of benzene rings is 2. The summed E-state index contributed by atoms with van der Waals surface area (Å²) < 4.78 is 0. The van der Waals surface area contributed by atoms with Crippen molar-refractivity contribution in [2.75, 3.05) is 19.6 Å². The Bertz CT molecular complexity index is 926. The number of amides is 3. The zero-order valence-corrected chi connectivity index (χ0v) is 20.5. The number of nitrogens with zero attached hydrogens (tertiary/aromatic N) is 1. The van der Waals surface area contributed by atoms with Gasteiger partial charge in [0.25, 0.3) is 5.91 Å². The van der Waals surface area contributed by atoms with Gasteiger partial charge in [0.1, 0.15) is 6.04 Å². The number of primary amides is 1. The summed E-state index contributed by atoms with van der Waals surface area (Å²) in [5.41, 5.74) is 13.5. The second-order valence-corrected chi connectivity index (χ2v) is 8.97. The van der Waals surface area contributed by atoms with Gasteiger partial charge < -0.3 is 26.8 Å². The average molecular weight is 483 g/mol. The van der Waals surface area contributed by atoms with Crippen molar-refractivity contribution >= 4 is 17.9 Å². The molecule has 8 nitrogen and oxygen atoms in total. The summed E-state index contributed by atoms with van der Waals surface area (Å²) in [6.07, 6.45) is 5.08. The Labute approximate surface area is 207 Å². The quantitative estimate of drug-likeness (QED) is 0.406. The molecule has 0 aromatic heterocycles. The molecule has 1 fully saturated rings. The third-order valence-corrected chi connectivity index (χ3v) is 6.16. The van der Waals surface area contributed by atoms with Gasteiger partial charge >= 0.3 is 12.0 Å². The maximum atomic E-state index is 11.9. The van der Waals surface area contributed by atoms with Crippen LogP contribution in [0.5, 0.6) is 0 Å². The number of unbranched alkanes of at least 4 members (excludes halogenated alkanes) is 1. The van der Waals surface area contributed by atoms with Crippen molar-refractivity contribution in [1.82, 2.24) is 10.2 Å². The standard InChI is InChI=1S/C14H20N2O3.C13H18N2O/c1-10-5-7-11(8-6-10)13(17)16-12(14(18)19)4-2-3-9-15;14-13(16)15-8-6-12(7-9-15)10-11-4-2-1-3-5-11/h5-8,12H,2-4,9,15H2,1H3,(H,16,17)(H,18,19);1-5,12H,6-10H2,(H2,14,16)/t12-;/m0./s1. The summed E-state index contributed by atoms with van der Waals surface area (Å²) in [6.45, 7) is 4.08. The lowest BCUT2D eigenvalue weighted by atomic mass is 9.90. The van der Waals surface area contributed by atoms with Gasteiger partial charge in [0.05, 0.1) is 0 Å². The van der Waals surface area contributed by atoms with E-state index in [2.05, 4.69) is 29.6 Å². The highest BCUT2D eigenvalue weighted by atomic mass is 16.4. The normalized spacial score (nSPS) is 14.4. The fourth-order valence-electron chi connectivity index (χ4n) is 4.00. The maximum absolute atomic E-state index is 11.9. The molecule has 3 amide bonds. The molecule has 1 aliphatic rings. The van der Waals surface area contributed by atoms with Crippen molar-refractivity contribution in [3.05, 3.63) is 71.3 Å². The van der Waals surface area contributed by atoms with Gasteiger partial charge in [-0.05, 0) is 75.6 Å². The summed E-state index contributed by atoms with van der Waals surface area (Å²) in [6, 6.07) is 16.4. The van der Waals surface area contributed by atoms with Crippen LogP contribution in [-0.2, 0) is 11.2 Å². The van der Waals surface area contributed by atoms with Gasteiger partial charge in [-0.25, -0.2) is 9.59 Å². The molecule has 8 heteroatoms.